The van der Waals surface area contributed by atoms with E-state index in [1.54, 1.807) is 19.1 Å². The molecule has 16 nitrogen and oxygen atoms in total. The molecule has 62 heavy (non-hydrogen) atoms. The number of aromatic amines is 2. The van der Waals surface area contributed by atoms with Gasteiger partial charge in [-0.15, -0.1) is 0 Å². The number of benzene rings is 4. The minimum Gasteiger partial charge on any atom is -0.453 e. The average Bonchev–Trinajstić information content (AvgIpc) is 4.06. The zero-order valence-electron chi connectivity index (χ0n) is 35.5. The molecule has 0 bridgehead atoms. The number of fused-ring (bicyclic) bond motifs is 3. The van der Waals surface area contributed by atoms with Crippen molar-refractivity contribution in [3.8, 4) is 22.3 Å². The van der Waals surface area contributed by atoms with Crippen LogP contribution in [0.15, 0.2) is 72.8 Å². The topological polar surface area (TPSA) is 202 Å². The molecule has 0 saturated carbocycles. The molecule has 3 atom stereocenters. The summed E-state index contributed by atoms with van der Waals surface area (Å²) in [6, 6.07) is 23.7. The number of nitrogens with zero attached hydrogens (tertiary/aromatic N) is 3. The number of aryl methyl sites for hydroxylation is 1. The van der Waals surface area contributed by atoms with Crippen molar-refractivity contribution in [2.24, 2.45) is 0 Å². The van der Waals surface area contributed by atoms with Crippen molar-refractivity contribution in [2.75, 3.05) is 54.7 Å². The largest absolute Gasteiger partial charge is 0.453 e. The molecule has 0 aliphatic carbocycles. The minimum atomic E-state index is -0.763. The van der Waals surface area contributed by atoms with E-state index in [4.69, 9.17) is 24.2 Å². The second-order valence-corrected chi connectivity index (χ2v) is 15.4. The second-order valence-electron chi connectivity index (χ2n) is 15.4. The molecular weight excluding hydrogens is 793 g/mol. The molecule has 7 rings (SSSR count). The number of hydrogen-bond acceptors (Lipinski definition) is 10. The number of methoxy groups -OCH3 is 4. The number of carbonyl (C=O) groups excluding carboxylic acids is 4. The highest BCUT2D eigenvalue weighted by Crippen LogP contribution is 2.34. The molecule has 3 heterocycles. The number of alkyl carbamates (subject to hydrolysis) is 2. The molecule has 4 amide bonds. The van der Waals surface area contributed by atoms with Crippen molar-refractivity contribution in [3.05, 3.63) is 84.4 Å². The third-order valence-electron chi connectivity index (χ3n) is 11.3. The summed E-state index contributed by atoms with van der Waals surface area (Å²) in [5, 5.41) is 10.3. The number of carbonyl (C=O) groups is 4. The van der Waals surface area contributed by atoms with Gasteiger partial charge >= 0.3 is 12.2 Å². The Kier molecular flexibility index (Phi) is 14.3. The molecular formula is C46H54N8O8. The Labute approximate surface area is 359 Å². The fraction of sp³-hybridized carbons (Fsp3) is 0.391. The van der Waals surface area contributed by atoms with Crippen LogP contribution in [0.25, 0.3) is 55.1 Å². The lowest BCUT2D eigenvalue weighted by Gasteiger charge is -2.28. The van der Waals surface area contributed by atoms with Gasteiger partial charge in [-0.25, -0.2) is 19.6 Å². The maximum atomic E-state index is 13.7. The van der Waals surface area contributed by atoms with Gasteiger partial charge in [-0.2, -0.15) is 0 Å². The van der Waals surface area contributed by atoms with E-state index in [1.807, 2.05) is 12.1 Å². The number of rotatable bonds is 18. The van der Waals surface area contributed by atoms with Crippen molar-refractivity contribution in [1.29, 1.82) is 0 Å². The zero-order chi connectivity index (χ0) is 43.6. The molecule has 16 heteroatoms. The molecule has 1 fully saturated rings. The van der Waals surface area contributed by atoms with Crippen molar-refractivity contribution < 1.29 is 38.1 Å². The number of H-pyrrole nitrogens is 2. The lowest BCUT2D eigenvalue weighted by molar-refractivity contribution is -0.135. The summed E-state index contributed by atoms with van der Waals surface area (Å²) in [7, 11) is 5.64. The molecule has 2 aromatic heterocycles. The van der Waals surface area contributed by atoms with E-state index < -0.39 is 24.3 Å². The van der Waals surface area contributed by atoms with Gasteiger partial charge in [0.1, 0.15) is 23.7 Å². The van der Waals surface area contributed by atoms with Gasteiger partial charge < -0.3 is 49.8 Å². The Bertz CT molecular complexity index is 2540. The predicted octanol–water partition coefficient (Wildman–Crippen LogP) is 6.55. The molecule has 6 aromatic rings. The van der Waals surface area contributed by atoms with E-state index >= 15 is 0 Å². The normalized spacial score (nSPS) is 14.8. The Morgan fingerprint density at radius 2 is 1.27 bits per heavy atom. The van der Waals surface area contributed by atoms with Gasteiger partial charge in [0.15, 0.2) is 0 Å². The number of unbranched alkanes of at least 4 members (excludes halogenated alkanes) is 1. The van der Waals surface area contributed by atoms with Crippen LogP contribution in [-0.2, 0) is 35.0 Å². The van der Waals surface area contributed by atoms with Crippen LogP contribution >= 0.6 is 0 Å². The lowest BCUT2D eigenvalue weighted by Crippen LogP contribution is -2.49. The predicted molar refractivity (Wildman–Crippen MR) is 235 cm³/mol. The smallest absolute Gasteiger partial charge is 0.407 e. The maximum absolute atomic E-state index is 13.7. The molecule has 3 unspecified atom stereocenters. The summed E-state index contributed by atoms with van der Waals surface area (Å²) in [4.78, 5) is 68.4. The maximum Gasteiger partial charge on any atom is 0.407 e. The molecule has 326 valence electrons. The van der Waals surface area contributed by atoms with E-state index in [0.717, 1.165) is 98.8 Å². The van der Waals surface area contributed by atoms with Crippen LogP contribution in [0.1, 0.15) is 56.2 Å². The molecule has 0 radical (unpaired) electrons. The van der Waals surface area contributed by atoms with Crippen LogP contribution in [0.2, 0.25) is 0 Å². The van der Waals surface area contributed by atoms with Gasteiger partial charge in [-0.05, 0) is 95.1 Å². The van der Waals surface area contributed by atoms with Gasteiger partial charge in [0.25, 0.3) is 0 Å². The lowest BCUT2D eigenvalue weighted by atomic mass is 9.97. The van der Waals surface area contributed by atoms with Crippen LogP contribution in [0.4, 0.5) is 9.59 Å². The molecule has 1 saturated heterocycles. The first-order valence-corrected chi connectivity index (χ1v) is 21.0. The van der Waals surface area contributed by atoms with Crippen molar-refractivity contribution in [3.63, 3.8) is 0 Å². The standard InChI is InChI=1S/C46H54N8O8/c1-59-22-18-36(52-45(57)61-3)43(55)47-20-6-5-9-41-48-34-16-14-32(26-38(34)49-41)30-12-10-29-25-31(13-11-28(29)24-30)33-15-17-35-39(27-33)51-42(50-35)40-8-7-21-54(40)44(56)37(19-23-60-2)53-46(58)62-4/h10-17,24-27,36-37,40H,5-9,18-23H2,1-4H3,(H,47,55)(H,48,49)(H,50,51)(H,52,57)(H,53,58). The number of amides is 4. The highest BCUT2D eigenvalue weighted by Gasteiger charge is 2.36. The Morgan fingerprint density at radius 3 is 1.90 bits per heavy atom. The SMILES string of the molecule is COCCC(NC(=O)OC)C(=O)NCCCCc1nc2ccc(-c3ccc4cc(-c5ccc6nc(C7CCCN7C(=O)C(CCOC)NC(=O)OC)[nH]c6c5)ccc4c3)cc2[nH]1. The van der Waals surface area contributed by atoms with Crippen LogP contribution in [0.3, 0.4) is 0 Å². The number of ether oxygens (including phenoxy) is 4. The first-order valence-electron chi connectivity index (χ1n) is 21.0. The zero-order valence-corrected chi connectivity index (χ0v) is 35.5. The first kappa shape index (κ1) is 43.6. The molecule has 4 aromatic carbocycles. The third-order valence-corrected chi connectivity index (χ3v) is 11.3. The Balaban J connectivity index is 0.980. The molecule has 5 N–H and O–H groups in total. The quantitative estimate of drug-likeness (QED) is 0.0591. The van der Waals surface area contributed by atoms with Crippen LogP contribution < -0.4 is 16.0 Å². The van der Waals surface area contributed by atoms with Crippen LogP contribution in [0, 0.1) is 0 Å². The number of likely N-dealkylation sites (tertiary alicyclic amines) is 1. The Morgan fingerprint density at radius 1 is 0.710 bits per heavy atom. The fourth-order valence-electron chi connectivity index (χ4n) is 8.00. The number of imidazole rings is 2. The minimum absolute atomic E-state index is 0.183. The van der Waals surface area contributed by atoms with Crippen LogP contribution in [0.5, 0.6) is 0 Å². The van der Waals surface area contributed by atoms with Gasteiger partial charge in [-0.3, -0.25) is 9.59 Å². The van der Waals surface area contributed by atoms with Crippen molar-refractivity contribution in [2.45, 2.75) is 63.1 Å². The summed E-state index contributed by atoms with van der Waals surface area (Å²) >= 11 is 0. The van der Waals surface area contributed by atoms with E-state index in [9.17, 15) is 19.2 Å². The highest BCUT2D eigenvalue weighted by atomic mass is 16.5. The Hall–Kier alpha value is -6.52. The molecule has 0 spiro atoms. The van der Waals surface area contributed by atoms with Crippen molar-refractivity contribution >= 4 is 56.8 Å². The van der Waals surface area contributed by atoms with E-state index in [2.05, 4.69) is 91.3 Å². The van der Waals surface area contributed by atoms with Crippen LogP contribution in [-0.4, -0.2) is 116 Å². The fourth-order valence-corrected chi connectivity index (χ4v) is 8.00. The molecule has 1 aliphatic heterocycles. The summed E-state index contributed by atoms with van der Waals surface area (Å²) in [5.74, 6) is 1.15. The summed E-state index contributed by atoms with van der Waals surface area (Å²) < 4.78 is 19.7. The third kappa shape index (κ3) is 10.3. The highest BCUT2D eigenvalue weighted by molar-refractivity contribution is 5.93. The number of aromatic nitrogens is 4. The van der Waals surface area contributed by atoms with E-state index in [0.29, 0.717) is 39.1 Å². The van der Waals surface area contributed by atoms with Gasteiger partial charge in [0.05, 0.1) is 42.3 Å². The van der Waals surface area contributed by atoms with E-state index in [1.165, 1.54) is 14.2 Å². The first-order chi connectivity index (χ1) is 30.2. The van der Waals surface area contributed by atoms with Gasteiger partial charge in [-0.1, -0.05) is 36.4 Å². The molecule has 1 aliphatic rings. The van der Waals surface area contributed by atoms with E-state index in [-0.39, 0.29) is 17.9 Å². The number of nitrogens with one attached hydrogen (secondary N) is 5. The van der Waals surface area contributed by atoms with Crippen molar-refractivity contribution in [1.82, 2.24) is 40.8 Å². The summed E-state index contributed by atoms with van der Waals surface area (Å²) in [5.41, 5.74) is 7.86. The monoisotopic (exact) mass is 846 g/mol. The summed E-state index contributed by atoms with van der Waals surface area (Å²) in [6.45, 7) is 1.69. The average molecular weight is 847 g/mol. The second kappa shape index (κ2) is 20.4. The van der Waals surface area contributed by atoms with Gasteiger partial charge in [0.2, 0.25) is 11.8 Å². The summed E-state index contributed by atoms with van der Waals surface area (Å²) in [6.07, 6.45) is 3.25. The van der Waals surface area contributed by atoms with Gasteiger partial charge in [0, 0.05) is 59.8 Å². The number of hydrogen-bond donors (Lipinski definition) is 5.